The maximum atomic E-state index is 12.2. The van der Waals surface area contributed by atoms with Crippen LogP contribution in [0.3, 0.4) is 0 Å². The van der Waals surface area contributed by atoms with Crippen LogP contribution in [0.4, 0.5) is 11.4 Å². The van der Waals surface area contributed by atoms with Crippen LogP contribution in [0.15, 0.2) is 42.5 Å². The number of methoxy groups -OCH3 is 1. The first-order chi connectivity index (χ1) is 11.9. The lowest BCUT2D eigenvalue weighted by atomic mass is 10.1. The molecule has 132 valence electrons. The predicted octanol–water partition coefficient (Wildman–Crippen LogP) is 2.98. The molecule has 0 aliphatic carbocycles. The van der Waals surface area contributed by atoms with E-state index in [1.54, 1.807) is 26.2 Å². The van der Waals surface area contributed by atoms with Gasteiger partial charge in [0.25, 0.3) is 5.69 Å². The summed E-state index contributed by atoms with van der Waals surface area (Å²) in [4.78, 5) is 24.6. The van der Waals surface area contributed by atoms with Gasteiger partial charge < -0.3 is 10.1 Å². The van der Waals surface area contributed by atoms with Crippen LogP contribution in [-0.4, -0.2) is 36.4 Å². The van der Waals surface area contributed by atoms with Crippen LogP contribution in [0.5, 0.6) is 5.75 Å². The lowest BCUT2D eigenvalue weighted by molar-refractivity contribution is -0.385. The Labute approximate surface area is 146 Å². The van der Waals surface area contributed by atoms with E-state index < -0.39 is 4.92 Å². The van der Waals surface area contributed by atoms with Crippen molar-refractivity contribution in [2.75, 3.05) is 26.0 Å². The topological polar surface area (TPSA) is 84.7 Å². The Morgan fingerprint density at radius 3 is 2.52 bits per heavy atom. The monoisotopic (exact) mass is 343 g/mol. The largest absolute Gasteiger partial charge is 0.497 e. The summed E-state index contributed by atoms with van der Waals surface area (Å²) < 4.78 is 5.12. The standard InChI is InChI=1S/C18H21N3O4/c1-13-16(5-4-6-17(13)21(23)24)19-18(22)12-20(2)11-14-7-9-15(25-3)10-8-14/h4-10H,11-12H2,1-3H3,(H,19,22). The van der Waals surface area contributed by atoms with E-state index in [0.29, 0.717) is 17.8 Å². The zero-order valence-electron chi connectivity index (χ0n) is 14.5. The third kappa shape index (κ3) is 5.02. The third-order valence-corrected chi connectivity index (χ3v) is 3.80. The number of hydrogen-bond donors (Lipinski definition) is 1. The molecule has 0 aliphatic heterocycles. The van der Waals surface area contributed by atoms with E-state index in [0.717, 1.165) is 11.3 Å². The molecule has 0 fully saturated rings. The van der Waals surface area contributed by atoms with Gasteiger partial charge in [-0.25, -0.2) is 0 Å². The van der Waals surface area contributed by atoms with Crippen molar-refractivity contribution in [3.63, 3.8) is 0 Å². The highest BCUT2D eigenvalue weighted by atomic mass is 16.6. The zero-order valence-corrected chi connectivity index (χ0v) is 14.5. The van der Waals surface area contributed by atoms with E-state index >= 15 is 0 Å². The van der Waals surface area contributed by atoms with Gasteiger partial charge in [-0.15, -0.1) is 0 Å². The Morgan fingerprint density at radius 2 is 1.92 bits per heavy atom. The summed E-state index contributed by atoms with van der Waals surface area (Å²) in [6.45, 7) is 2.40. The Kier molecular flexibility index (Phi) is 6.08. The van der Waals surface area contributed by atoms with Gasteiger partial charge in [-0.2, -0.15) is 0 Å². The van der Waals surface area contributed by atoms with Gasteiger partial charge >= 0.3 is 0 Å². The molecule has 2 aromatic carbocycles. The number of hydrogen-bond acceptors (Lipinski definition) is 5. The van der Waals surface area contributed by atoms with Gasteiger partial charge in [-0.05, 0) is 37.7 Å². The number of rotatable bonds is 7. The van der Waals surface area contributed by atoms with E-state index in [1.807, 2.05) is 36.2 Å². The molecule has 0 aromatic heterocycles. The van der Waals surface area contributed by atoms with Gasteiger partial charge in [0.1, 0.15) is 5.75 Å². The highest BCUT2D eigenvalue weighted by Gasteiger charge is 2.15. The molecule has 7 nitrogen and oxygen atoms in total. The highest BCUT2D eigenvalue weighted by Crippen LogP contribution is 2.25. The summed E-state index contributed by atoms with van der Waals surface area (Å²) in [7, 11) is 3.45. The first-order valence-electron chi connectivity index (χ1n) is 7.76. The molecule has 25 heavy (non-hydrogen) atoms. The quantitative estimate of drug-likeness (QED) is 0.617. The van der Waals surface area contributed by atoms with Gasteiger partial charge in [-0.1, -0.05) is 18.2 Å². The van der Waals surface area contributed by atoms with E-state index in [-0.39, 0.29) is 18.1 Å². The molecule has 1 N–H and O–H groups in total. The van der Waals surface area contributed by atoms with Crippen LogP contribution < -0.4 is 10.1 Å². The molecule has 0 bridgehead atoms. The lowest BCUT2D eigenvalue weighted by Gasteiger charge is -2.17. The van der Waals surface area contributed by atoms with Crippen LogP contribution >= 0.6 is 0 Å². The van der Waals surface area contributed by atoms with E-state index in [2.05, 4.69) is 5.32 Å². The number of benzene rings is 2. The minimum Gasteiger partial charge on any atom is -0.497 e. The number of nitro groups is 1. The number of amides is 1. The SMILES string of the molecule is COc1ccc(CN(C)CC(=O)Nc2cccc([N+](=O)[O-])c2C)cc1. The summed E-state index contributed by atoms with van der Waals surface area (Å²) in [6, 6.07) is 12.3. The number of carbonyl (C=O) groups excluding carboxylic acids is 1. The molecule has 0 radical (unpaired) electrons. The number of carbonyl (C=O) groups is 1. The van der Waals surface area contributed by atoms with Crippen molar-refractivity contribution in [2.45, 2.75) is 13.5 Å². The van der Waals surface area contributed by atoms with Gasteiger partial charge in [0.05, 0.1) is 29.8 Å². The average Bonchev–Trinajstić information content (AvgIpc) is 2.57. The second-order valence-corrected chi connectivity index (χ2v) is 5.78. The van der Waals surface area contributed by atoms with Crippen molar-refractivity contribution < 1.29 is 14.5 Å². The fraction of sp³-hybridized carbons (Fsp3) is 0.278. The van der Waals surface area contributed by atoms with Crippen molar-refractivity contribution in [1.82, 2.24) is 4.90 Å². The van der Waals surface area contributed by atoms with E-state index in [9.17, 15) is 14.9 Å². The molecule has 0 spiro atoms. The normalized spacial score (nSPS) is 10.6. The van der Waals surface area contributed by atoms with Gasteiger partial charge in [-0.3, -0.25) is 19.8 Å². The Morgan fingerprint density at radius 1 is 1.24 bits per heavy atom. The third-order valence-electron chi connectivity index (χ3n) is 3.80. The van der Waals surface area contributed by atoms with Crippen LogP contribution in [0.2, 0.25) is 0 Å². The van der Waals surface area contributed by atoms with Gasteiger partial charge in [0.2, 0.25) is 5.91 Å². The van der Waals surface area contributed by atoms with Crippen LogP contribution in [0, 0.1) is 17.0 Å². The summed E-state index contributed by atoms with van der Waals surface area (Å²) in [5.74, 6) is 0.560. The van der Waals surface area contributed by atoms with E-state index in [1.165, 1.54) is 6.07 Å². The minimum absolute atomic E-state index is 0.00983. The van der Waals surface area contributed by atoms with Crippen LogP contribution in [-0.2, 0) is 11.3 Å². The molecule has 0 heterocycles. The van der Waals surface area contributed by atoms with Gasteiger partial charge in [0.15, 0.2) is 0 Å². The van der Waals surface area contributed by atoms with Crippen LogP contribution in [0.25, 0.3) is 0 Å². The number of anilines is 1. The second-order valence-electron chi connectivity index (χ2n) is 5.78. The Balaban J connectivity index is 1.95. The predicted molar refractivity (Wildman–Crippen MR) is 95.8 cm³/mol. The molecule has 0 atom stereocenters. The number of ether oxygens (including phenoxy) is 1. The van der Waals surface area contributed by atoms with Crippen LogP contribution in [0.1, 0.15) is 11.1 Å². The molecular formula is C18H21N3O4. The average molecular weight is 343 g/mol. The number of nitro benzene ring substituents is 1. The Bertz CT molecular complexity index is 759. The summed E-state index contributed by atoms with van der Waals surface area (Å²) in [5.41, 5.74) is 1.95. The molecular weight excluding hydrogens is 322 g/mol. The van der Waals surface area contributed by atoms with Crippen molar-refractivity contribution in [1.29, 1.82) is 0 Å². The van der Waals surface area contributed by atoms with E-state index in [4.69, 9.17) is 4.74 Å². The molecule has 0 aliphatic rings. The molecule has 7 heteroatoms. The molecule has 1 amide bonds. The summed E-state index contributed by atoms with van der Waals surface area (Å²) >= 11 is 0. The van der Waals surface area contributed by atoms with Crippen molar-refractivity contribution in [3.05, 3.63) is 63.7 Å². The fourth-order valence-electron chi connectivity index (χ4n) is 2.49. The molecule has 0 unspecified atom stereocenters. The maximum Gasteiger partial charge on any atom is 0.274 e. The number of nitrogens with one attached hydrogen (secondary N) is 1. The first kappa shape index (κ1) is 18.4. The minimum atomic E-state index is -0.458. The maximum absolute atomic E-state index is 12.2. The smallest absolute Gasteiger partial charge is 0.274 e. The van der Waals surface area contributed by atoms with Crippen molar-refractivity contribution in [3.8, 4) is 5.75 Å². The first-order valence-corrected chi connectivity index (χ1v) is 7.76. The summed E-state index contributed by atoms with van der Waals surface area (Å²) in [6.07, 6.45) is 0. The lowest BCUT2D eigenvalue weighted by Crippen LogP contribution is -2.30. The van der Waals surface area contributed by atoms with Crippen molar-refractivity contribution in [2.24, 2.45) is 0 Å². The number of nitrogens with zero attached hydrogens (tertiary/aromatic N) is 2. The molecule has 0 saturated heterocycles. The fourth-order valence-corrected chi connectivity index (χ4v) is 2.49. The molecule has 0 saturated carbocycles. The molecule has 2 aromatic rings. The Hall–Kier alpha value is -2.93. The highest BCUT2D eigenvalue weighted by molar-refractivity contribution is 5.93. The van der Waals surface area contributed by atoms with Crippen molar-refractivity contribution >= 4 is 17.3 Å². The molecule has 2 rings (SSSR count). The zero-order chi connectivity index (χ0) is 18.4. The number of likely N-dealkylation sites (N-methyl/N-ethyl adjacent to an activating group) is 1. The van der Waals surface area contributed by atoms with Gasteiger partial charge in [0, 0.05) is 12.6 Å². The second kappa shape index (κ2) is 8.25. The summed E-state index contributed by atoms with van der Waals surface area (Å²) in [5, 5.41) is 13.7.